The number of rotatable bonds is 5. The highest BCUT2D eigenvalue weighted by molar-refractivity contribution is 7.93. The van der Waals surface area contributed by atoms with Crippen molar-refractivity contribution in [3.05, 3.63) is 29.8 Å². The van der Waals surface area contributed by atoms with Crippen molar-refractivity contribution >= 4 is 21.7 Å². The third-order valence-electron chi connectivity index (χ3n) is 3.18. The predicted octanol–water partition coefficient (Wildman–Crippen LogP) is 1.23. The number of carbonyl (C=O) groups is 1. The number of aliphatic carboxylic acids is 1. The number of sulfonamides is 1. The van der Waals surface area contributed by atoms with Gasteiger partial charge in [-0.3, -0.25) is 9.52 Å². The van der Waals surface area contributed by atoms with Crippen molar-refractivity contribution in [3.8, 4) is 0 Å². The van der Waals surface area contributed by atoms with E-state index in [2.05, 4.69) is 4.72 Å². The Morgan fingerprint density at radius 1 is 1.25 bits per heavy atom. The van der Waals surface area contributed by atoms with Crippen molar-refractivity contribution in [3.63, 3.8) is 0 Å². The van der Waals surface area contributed by atoms with E-state index in [-0.39, 0.29) is 6.42 Å². The molecule has 0 aliphatic carbocycles. The lowest BCUT2D eigenvalue weighted by atomic mass is 10.1. The summed E-state index contributed by atoms with van der Waals surface area (Å²) in [7, 11) is -3.42. The molecule has 1 aliphatic rings. The highest BCUT2D eigenvalue weighted by Gasteiger charge is 2.27. The molecule has 0 bridgehead atoms. The second kappa shape index (κ2) is 6.23. The predicted molar refractivity (Wildman–Crippen MR) is 74.2 cm³/mol. The molecule has 1 aromatic rings. The fourth-order valence-electron chi connectivity index (χ4n) is 2.10. The average Bonchev–Trinajstić information content (AvgIpc) is 2.41. The third-order valence-corrected chi connectivity index (χ3v) is 5.05. The molecule has 1 aliphatic heterocycles. The van der Waals surface area contributed by atoms with E-state index in [1.807, 2.05) is 0 Å². The highest BCUT2D eigenvalue weighted by Crippen LogP contribution is 2.19. The molecule has 0 aromatic heterocycles. The molecule has 0 saturated carbocycles. The normalized spacial score (nSPS) is 16.8. The van der Waals surface area contributed by atoms with Crippen LogP contribution in [0, 0.1) is 0 Å². The first-order valence-electron chi connectivity index (χ1n) is 6.37. The van der Waals surface area contributed by atoms with Crippen LogP contribution in [0.3, 0.4) is 0 Å². The molecule has 2 rings (SSSR count). The van der Waals surface area contributed by atoms with E-state index in [4.69, 9.17) is 9.84 Å². The van der Waals surface area contributed by atoms with Gasteiger partial charge in [-0.15, -0.1) is 0 Å². The van der Waals surface area contributed by atoms with Gasteiger partial charge in [-0.25, -0.2) is 8.42 Å². The van der Waals surface area contributed by atoms with E-state index in [1.54, 1.807) is 24.3 Å². The lowest BCUT2D eigenvalue weighted by molar-refractivity contribution is -0.136. The molecule has 1 fully saturated rings. The van der Waals surface area contributed by atoms with Crippen LogP contribution >= 0.6 is 0 Å². The molecule has 1 heterocycles. The van der Waals surface area contributed by atoms with Crippen LogP contribution < -0.4 is 4.72 Å². The number of hydrogen-bond donors (Lipinski definition) is 2. The summed E-state index contributed by atoms with van der Waals surface area (Å²) in [4.78, 5) is 10.6. The lowest BCUT2D eigenvalue weighted by Crippen LogP contribution is -2.33. The Bertz CT molecular complexity index is 561. The lowest BCUT2D eigenvalue weighted by Gasteiger charge is -2.22. The average molecular weight is 299 g/mol. The summed E-state index contributed by atoms with van der Waals surface area (Å²) >= 11 is 0. The molecule has 0 amide bonds. The van der Waals surface area contributed by atoms with E-state index in [1.165, 1.54) is 0 Å². The quantitative estimate of drug-likeness (QED) is 0.853. The molecule has 2 N–H and O–H groups in total. The first-order valence-corrected chi connectivity index (χ1v) is 7.92. The standard InChI is InChI=1S/C13H17NO5S/c15-13(16)9-10-1-3-11(4-2-10)14-20(17,18)12-5-7-19-8-6-12/h1-4,12,14H,5-9H2,(H,15,16). The zero-order chi connectivity index (χ0) is 14.6. The Balaban J connectivity index is 2.03. The maximum atomic E-state index is 12.2. The third kappa shape index (κ3) is 3.94. The van der Waals surface area contributed by atoms with E-state index in [0.29, 0.717) is 37.3 Å². The van der Waals surface area contributed by atoms with Crippen LogP contribution in [0.5, 0.6) is 0 Å². The number of benzene rings is 1. The molecule has 1 saturated heterocycles. The van der Waals surface area contributed by atoms with Gasteiger partial charge in [0.2, 0.25) is 10.0 Å². The largest absolute Gasteiger partial charge is 0.481 e. The van der Waals surface area contributed by atoms with Gasteiger partial charge in [0.1, 0.15) is 0 Å². The van der Waals surface area contributed by atoms with Crippen molar-refractivity contribution in [2.45, 2.75) is 24.5 Å². The summed E-state index contributed by atoms with van der Waals surface area (Å²) in [6.07, 6.45) is 0.909. The molecule has 0 spiro atoms. The molecule has 0 radical (unpaired) electrons. The van der Waals surface area contributed by atoms with Gasteiger partial charge in [0.05, 0.1) is 11.7 Å². The van der Waals surface area contributed by atoms with Crippen molar-refractivity contribution in [2.24, 2.45) is 0 Å². The minimum atomic E-state index is -3.42. The van der Waals surface area contributed by atoms with Crippen LogP contribution in [0.15, 0.2) is 24.3 Å². The maximum Gasteiger partial charge on any atom is 0.307 e. The smallest absolute Gasteiger partial charge is 0.307 e. The second-order valence-corrected chi connectivity index (χ2v) is 6.69. The number of anilines is 1. The van der Waals surface area contributed by atoms with Crippen molar-refractivity contribution in [2.75, 3.05) is 17.9 Å². The minimum absolute atomic E-state index is 0.0764. The zero-order valence-corrected chi connectivity index (χ0v) is 11.7. The van der Waals surface area contributed by atoms with Gasteiger partial charge in [0, 0.05) is 18.9 Å². The van der Waals surface area contributed by atoms with Crippen LogP contribution in [0.1, 0.15) is 18.4 Å². The van der Waals surface area contributed by atoms with Crippen LogP contribution in [-0.4, -0.2) is 38.0 Å². The molecular weight excluding hydrogens is 282 g/mol. The van der Waals surface area contributed by atoms with E-state index in [9.17, 15) is 13.2 Å². The summed E-state index contributed by atoms with van der Waals surface area (Å²) in [6.45, 7) is 0.923. The van der Waals surface area contributed by atoms with Gasteiger partial charge in [0.25, 0.3) is 0 Å². The summed E-state index contributed by atoms with van der Waals surface area (Å²) in [6, 6.07) is 6.37. The molecule has 0 atom stereocenters. The molecule has 0 unspecified atom stereocenters. The number of ether oxygens (including phenoxy) is 1. The van der Waals surface area contributed by atoms with Gasteiger partial charge in [0.15, 0.2) is 0 Å². The minimum Gasteiger partial charge on any atom is -0.481 e. The fourth-order valence-corrected chi connectivity index (χ4v) is 3.54. The summed E-state index contributed by atoms with van der Waals surface area (Å²) in [5, 5.41) is 8.23. The number of hydrogen-bond acceptors (Lipinski definition) is 4. The highest BCUT2D eigenvalue weighted by atomic mass is 32.2. The molecule has 1 aromatic carbocycles. The van der Waals surface area contributed by atoms with Gasteiger partial charge in [-0.05, 0) is 30.5 Å². The van der Waals surface area contributed by atoms with Crippen LogP contribution in [0.2, 0.25) is 0 Å². The molecule has 6 nitrogen and oxygen atoms in total. The van der Waals surface area contributed by atoms with Crippen molar-refractivity contribution < 1.29 is 23.1 Å². The summed E-state index contributed by atoms with van der Waals surface area (Å²) in [5.74, 6) is -0.916. The Kier molecular flexibility index (Phi) is 4.61. The van der Waals surface area contributed by atoms with E-state index < -0.39 is 21.2 Å². The SMILES string of the molecule is O=C(O)Cc1ccc(NS(=O)(=O)C2CCOCC2)cc1. The monoisotopic (exact) mass is 299 g/mol. The van der Waals surface area contributed by atoms with Gasteiger partial charge < -0.3 is 9.84 Å². The number of nitrogens with one attached hydrogen (secondary N) is 1. The van der Waals surface area contributed by atoms with E-state index in [0.717, 1.165) is 0 Å². The van der Waals surface area contributed by atoms with Crippen molar-refractivity contribution in [1.29, 1.82) is 0 Å². The van der Waals surface area contributed by atoms with Crippen LogP contribution in [0.4, 0.5) is 5.69 Å². The summed E-state index contributed by atoms with van der Waals surface area (Å²) in [5.41, 5.74) is 1.08. The van der Waals surface area contributed by atoms with Crippen LogP contribution in [-0.2, 0) is 26.0 Å². The molecule has 7 heteroatoms. The number of carboxylic acids is 1. The topological polar surface area (TPSA) is 92.7 Å². The first kappa shape index (κ1) is 14.8. The first-order chi connectivity index (χ1) is 9.47. The van der Waals surface area contributed by atoms with E-state index >= 15 is 0 Å². The Morgan fingerprint density at radius 3 is 2.40 bits per heavy atom. The Labute approximate surface area is 117 Å². The second-order valence-electron chi connectivity index (χ2n) is 4.73. The fraction of sp³-hybridized carbons (Fsp3) is 0.462. The summed E-state index contributed by atoms with van der Waals surface area (Å²) < 4.78 is 32.0. The zero-order valence-electron chi connectivity index (χ0n) is 10.9. The van der Waals surface area contributed by atoms with Crippen molar-refractivity contribution in [1.82, 2.24) is 0 Å². The molecule has 20 heavy (non-hydrogen) atoms. The molecule has 110 valence electrons. The Hall–Kier alpha value is -1.60. The maximum absolute atomic E-state index is 12.2. The van der Waals surface area contributed by atoms with Gasteiger partial charge in [-0.2, -0.15) is 0 Å². The Morgan fingerprint density at radius 2 is 1.85 bits per heavy atom. The number of carboxylic acid groups (broad SMARTS) is 1. The molecular formula is C13H17NO5S. The van der Waals surface area contributed by atoms with Gasteiger partial charge in [-0.1, -0.05) is 12.1 Å². The van der Waals surface area contributed by atoms with Crippen LogP contribution in [0.25, 0.3) is 0 Å². The van der Waals surface area contributed by atoms with Gasteiger partial charge >= 0.3 is 5.97 Å².